The molecule has 2 heterocycles. The number of pyridine rings is 1. The molecular weight excluding hydrogens is 322 g/mol. The molecule has 0 aliphatic carbocycles. The molecule has 0 spiro atoms. The SMILES string of the molecule is CCc1nn(-c2ccc(Br)cn2)c(CC)c1CC(=O)O. The van der Waals surface area contributed by atoms with Crippen LogP contribution in [0.4, 0.5) is 0 Å². The van der Waals surface area contributed by atoms with E-state index in [1.165, 1.54) is 0 Å². The van der Waals surface area contributed by atoms with Gasteiger partial charge in [-0.25, -0.2) is 9.67 Å². The van der Waals surface area contributed by atoms with Gasteiger partial charge in [-0.2, -0.15) is 5.10 Å². The van der Waals surface area contributed by atoms with Gasteiger partial charge >= 0.3 is 5.97 Å². The van der Waals surface area contributed by atoms with Gasteiger partial charge in [0.1, 0.15) is 0 Å². The molecule has 2 rings (SSSR count). The van der Waals surface area contributed by atoms with Crippen LogP contribution in [0.3, 0.4) is 0 Å². The molecule has 0 saturated heterocycles. The zero-order chi connectivity index (χ0) is 14.7. The van der Waals surface area contributed by atoms with E-state index in [9.17, 15) is 4.79 Å². The molecule has 0 fully saturated rings. The predicted molar refractivity (Wildman–Crippen MR) is 79.2 cm³/mol. The third-order valence-corrected chi connectivity index (χ3v) is 3.57. The summed E-state index contributed by atoms with van der Waals surface area (Å²) in [4.78, 5) is 15.4. The lowest BCUT2D eigenvalue weighted by Gasteiger charge is -2.06. The Morgan fingerprint density at radius 3 is 2.60 bits per heavy atom. The third-order valence-electron chi connectivity index (χ3n) is 3.10. The van der Waals surface area contributed by atoms with E-state index in [2.05, 4.69) is 26.0 Å². The van der Waals surface area contributed by atoms with Crippen molar-refractivity contribution in [3.8, 4) is 5.82 Å². The van der Waals surface area contributed by atoms with Gasteiger partial charge in [-0.15, -0.1) is 0 Å². The molecule has 0 unspecified atom stereocenters. The second kappa shape index (κ2) is 6.17. The lowest BCUT2D eigenvalue weighted by Crippen LogP contribution is -2.07. The Morgan fingerprint density at radius 2 is 2.10 bits per heavy atom. The van der Waals surface area contributed by atoms with E-state index >= 15 is 0 Å². The highest BCUT2D eigenvalue weighted by atomic mass is 79.9. The predicted octanol–water partition coefficient (Wildman–Crippen LogP) is 2.78. The molecule has 0 aliphatic rings. The van der Waals surface area contributed by atoms with Crippen molar-refractivity contribution >= 4 is 21.9 Å². The second-order valence-corrected chi connectivity index (χ2v) is 5.31. The van der Waals surface area contributed by atoms with Crippen LogP contribution in [0.5, 0.6) is 0 Å². The van der Waals surface area contributed by atoms with Crippen molar-refractivity contribution in [2.75, 3.05) is 0 Å². The lowest BCUT2D eigenvalue weighted by molar-refractivity contribution is -0.136. The van der Waals surface area contributed by atoms with Crippen LogP contribution >= 0.6 is 15.9 Å². The summed E-state index contributed by atoms with van der Waals surface area (Å²) in [5.74, 6) is -0.130. The summed E-state index contributed by atoms with van der Waals surface area (Å²) in [5.41, 5.74) is 2.56. The lowest BCUT2D eigenvalue weighted by atomic mass is 10.1. The summed E-state index contributed by atoms with van der Waals surface area (Å²) in [6.07, 6.45) is 3.13. The zero-order valence-corrected chi connectivity index (χ0v) is 13.0. The monoisotopic (exact) mass is 337 g/mol. The van der Waals surface area contributed by atoms with E-state index in [1.807, 2.05) is 26.0 Å². The van der Waals surface area contributed by atoms with Gasteiger partial charge in [0.25, 0.3) is 0 Å². The summed E-state index contributed by atoms with van der Waals surface area (Å²) in [6, 6.07) is 3.76. The molecule has 5 nitrogen and oxygen atoms in total. The van der Waals surface area contributed by atoms with Gasteiger partial charge in [-0.05, 0) is 40.9 Å². The van der Waals surface area contributed by atoms with Crippen LogP contribution in [0.2, 0.25) is 0 Å². The van der Waals surface area contributed by atoms with E-state index in [-0.39, 0.29) is 6.42 Å². The molecule has 0 radical (unpaired) electrons. The third kappa shape index (κ3) is 2.90. The van der Waals surface area contributed by atoms with Gasteiger partial charge in [0.05, 0.1) is 12.1 Å². The zero-order valence-electron chi connectivity index (χ0n) is 11.4. The second-order valence-electron chi connectivity index (χ2n) is 4.40. The molecule has 6 heteroatoms. The number of rotatable bonds is 5. The maximum absolute atomic E-state index is 11.0. The highest BCUT2D eigenvalue weighted by Gasteiger charge is 2.19. The van der Waals surface area contributed by atoms with Crippen molar-refractivity contribution in [2.45, 2.75) is 33.1 Å². The average Bonchev–Trinajstić information content (AvgIpc) is 2.76. The Hall–Kier alpha value is -1.69. The molecule has 0 bridgehead atoms. The van der Waals surface area contributed by atoms with Gasteiger partial charge in [0.2, 0.25) is 0 Å². The van der Waals surface area contributed by atoms with Gasteiger partial charge in [0.15, 0.2) is 5.82 Å². The first-order valence-electron chi connectivity index (χ1n) is 6.50. The first-order valence-corrected chi connectivity index (χ1v) is 7.29. The van der Waals surface area contributed by atoms with Crippen LogP contribution in [-0.4, -0.2) is 25.8 Å². The standard InChI is InChI=1S/C14H16BrN3O2/c1-3-11-10(7-14(19)20)12(4-2)18(17-11)13-6-5-9(15)8-16-13/h5-6,8H,3-4,7H2,1-2H3,(H,19,20). The fourth-order valence-corrected chi connectivity index (χ4v) is 2.46. The molecule has 1 N–H and O–H groups in total. The van der Waals surface area contributed by atoms with Crippen molar-refractivity contribution in [1.29, 1.82) is 0 Å². The van der Waals surface area contributed by atoms with Crippen molar-refractivity contribution in [2.24, 2.45) is 0 Å². The molecule has 2 aromatic rings. The minimum Gasteiger partial charge on any atom is -0.481 e. The molecule has 0 saturated carbocycles. The van der Waals surface area contributed by atoms with Crippen LogP contribution in [0.25, 0.3) is 5.82 Å². The molecule has 0 atom stereocenters. The number of hydrogen-bond acceptors (Lipinski definition) is 3. The Bertz CT molecular complexity index is 620. The largest absolute Gasteiger partial charge is 0.481 e. The minimum absolute atomic E-state index is 0.00285. The van der Waals surface area contributed by atoms with Gasteiger partial charge in [-0.1, -0.05) is 13.8 Å². The number of halogens is 1. The quantitative estimate of drug-likeness (QED) is 0.910. The number of carbonyl (C=O) groups is 1. The van der Waals surface area contributed by atoms with E-state index in [1.54, 1.807) is 10.9 Å². The highest BCUT2D eigenvalue weighted by molar-refractivity contribution is 9.10. The molecule has 0 aromatic carbocycles. The fourth-order valence-electron chi connectivity index (χ4n) is 2.22. The van der Waals surface area contributed by atoms with Crippen LogP contribution in [-0.2, 0) is 24.1 Å². The van der Waals surface area contributed by atoms with E-state index in [0.717, 1.165) is 21.4 Å². The Labute approximate surface area is 125 Å². The number of nitrogens with zero attached hydrogens (tertiary/aromatic N) is 3. The van der Waals surface area contributed by atoms with Crippen LogP contribution < -0.4 is 0 Å². The van der Waals surface area contributed by atoms with E-state index in [0.29, 0.717) is 18.7 Å². The van der Waals surface area contributed by atoms with E-state index in [4.69, 9.17) is 5.11 Å². The molecule has 106 valence electrons. The summed E-state index contributed by atoms with van der Waals surface area (Å²) in [5, 5.41) is 13.6. The van der Waals surface area contributed by atoms with Gasteiger partial charge in [-0.3, -0.25) is 4.79 Å². The number of hydrogen-bond donors (Lipinski definition) is 1. The molecular formula is C14H16BrN3O2. The van der Waals surface area contributed by atoms with Crippen molar-refractivity contribution in [3.63, 3.8) is 0 Å². The maximum atomic E-state index is 11.0. The normalized spacial score (nSPS) is 10.8. The van der Waals surface area contributed by atoms with Crippen LogP contribution in [0, 0.1) is 0 Å². The molecule has 0 aliphatic heterocycles. The van der Waals surface area contributed by atoms with Gasteiger partial charge in [0, 0.05) is 21.9 Å². The Morgan fingerprint density at radius 1 is 1.35 bits per heavy atom. The molecule has 0 amide bonds. The fraction of sp³-hybridized carbons (Fsp3) is 0.357. The summed E-state index contributed by atoms with van der Waals surface area (Å²) < 4.78 is 2.65. The molecule has 20 heavy (non-hydrogen) atoms. The van der Waals surface area contributed by atoms with Crippen molar-refractivity contribution in [3.05, 3.63) is 39.8 Å². The molecule has 2 aromatic heterocycles. The summed E-state index contributed by atoms with van der Waals surface area (Å²) in [7, 11) is 0. The summed E-state index contributed by atoms with van der Waals surface area (Å²) >= 11 is 3.35. The first kappa shape index (κ1) is 14.7. The van der Waals surface area contributed by atoms with Gasteiger partial charge < -0.3 is 5.11 Å². The smallest absolute Gasteiger partial charge is 0.307 e. The topological polar surface area (TPSA) is 68.0 Å². The van der Waals surface area contributed by atoms with Crippen LogP contribution in [0.1, 0.15) is 30.8 Å². The minimum atomic E-state index is -0.835. The number of carboxylic acids is 1. The Balaban J connectivity index is 2.55. The maximum Gasteiger partial charge on any atom is 0.307 e. The first-order chi connectivity index (χ1) is 9.56. The average molecular weight is 338 g/mol. The van der Waals surface area contributed by atoms with Crippen LogP contribution in [0.15, 0.2) is 22.8 Å². The number of aliphatic carboxylic acids is 1. The highest BCUT2D eigenvalue weighted by Crippen LogP contribution is 2.21. The number of aromatic nitrogens is 3. The number of carboxylic acid groups (broad SMARTS) is 1. The van der Waals surface area contributed by atoms with Crippen molar-refractivity contribution < 1.29 is 9.90 Å². The summed E-state index contributed by atoms with van der Waals surface area (Å²) in [6.45, 7) is 3.98. The number of aryl methyl sites for hydroxylation is 1. The Kier molecular flexibility index (Phi) is 4.54. The van der Waals surface area contributed by atoms with E-state index < -0.39 is 5.97 Å². The van der Waals surface area contributed by atoms with Crippen molar-refractivity contribution in [1.82, 2.24) is 14.8 Å².